The Labute approximate surface area is 121 Å². The summed E-state index contributed by atoms with van der Waals surface area (Å²) in [5.74, 6) is 1.63. The summed E-state index contributed by atoms with van der Waals surface area (Å²) in [7, 11) is 0. The Kier molecular flexibility index (Phi) is 3.62. The molecule has 1 aliphatic heterocycles. The molecule has 0 saturated carbocycles. The van der Waals surface area contributed by atoms with Crippen molar-refractivity contribution in [3.05, 3.63) is 35.4 Å². The van der Waals surface area contributed by atoms with Gasteiger partial charge in [-0.05, 0) is 30.0 Å². The van der Waals surface area contributed by atoms with E-state index in [1.54, 1.807) is 0 Å². The number of aryl methyl sites for hydroxylation is 1. The molecule has 0 spiro atoms. The summed E-state index contributed by atoms with van der Waals surface area (Å²) in [6.45, 7) is 10.9. The van der Waals surface area contributed by atoms with Gasteiger partial charge in [0.25, 0.3) is 0 Å². The molecular weight excluding hydrogens is 246 g/mol. The summed E-state index contributed by atoms with van der Waals surface area (Å²) in [5.41, 5.74) is 3.85. The van der Waals surface area contributed by atoms with Crippen LogP contribution in [0.4, 0.5) is 5.82 Å². The first-order chi connectivity index (χ1) is 9.66. The fourth-order valence-electron chi connectivity index (χ4n) is 2.94. The van der Waals surface area contributed by atoms with E-state index in [0.29, 0.717) is 5.92 Å². The van der Waals surface area contributed by atoms with Crippen molar-refractivity contribution in [1.82, 2.24) is 10.3 Å². The Morgan fingerprint density at radius 3 is 2.65 bits per heavy atom. The van der Waals surface area contributed by atoms with E-state index in [4.69, 9.17) is 4.98 Å². The molecule has 2 aromatic rings. The maximum absolute atomic E-state index is 4.98. The van der Waals surface area contributed by atoms with Gasteiger partial charge in [0.1, 0.15) is 5.82 Å². The van der Waals surface area contributed by atoms with Crippen LogP contribution in [0.5, 0.6) is 0 Å². The Bertz CT molecular complexity index is 613. The van der Waals surface area contributed by atoms with Crippen molar-refractivity contribution < 1.29 is 0 Å². The molecule has 20 heavy (non-hydrogen) atoms. The third-order valence-electron chi connectivity index (χ3n) is 4.13. The molecule has 1 aromatic heterocycles. The second-order valence-electron chi connectivity index (χ2n) is 5.93. The molecule has 3 nitrogen and oxygen atoms in total. The Morgan fingerprint density at radius 1 is 1.20 bits per heavy atom. The van der Waals surface area contributed by atoms with Gasteiger partial charge in [-0.2, -0.15) is 0 Å². The molecule has 1 aliphatic rings. The van der Waals surface area contributed by atoms with Gasteiger partial charge in [0.2, 0.25) is 0 Å². The van der Waals surface area contributed by atoms with E-state index >= 15 is 0 Å². The highest BCUT2D eigenvalue weighted by molar-refractivity contribution is 5.87. The first kappa shape index (κ1) is 13.4. The molecule has 3 heteroatoms. The lowest BCUT2D eigenvalue weighted by Gasteiger charge is -2.29. The molecule has 0 amide bonds. The van der Waals surface area contributed by atoms with Crippen LogP contribution in [0.3, 0.4) is 0 Å². The number of anilines is 1. The van der Waals surface area contributed by atoms with Gasteiger partial charge in [-0.3, -0.25) is 0 Å². The molecule has 0 radical (unpaired) electrons. The van der Waals surface area contributed by atoms with E-state index < -0.39 is 0 Å². The number of para-hydroxylation sites is 1. The molecule has 1 saturated heterocycles. The molecule has 1 fully saturated rings. The highest BCUT2D eigenvalue weighted by atomic mass is 15.2. The lowest BCUT2D eigenvalue weighted by Crippen LogP contribution is -2.43. The second-order valence-corrected chi connectivity index (χ2v) is 5.93. The number of pyridine rings is 1. The molecule has 1 N–H and O–H groups in total. The van der Waals surface area contributed by atoms with E-state index in [-0.39, 0.29) is 0 Å². The standard InChI is InChI=1S/C17H23N3/c1-12(2)14-5-4-6-15-13(3)11-16(19-17(14)15)20-9-7-18-8-10-20/h4-6,11-12,18H,7-10H2,1-3H3. The fraction of sp³-hybridized carbons (Fsp3) is 0.471. The monoisotopic (exact) mass is 269 g/mol. The van der Waals surface area contributed by atoms with Gasteiger partial charge in [-0.15, -0.1) is 0 Å². The minimum atomic E-state index is 0.504. The number of piperazine rings is 1. The van der Waals surface area contributed by atoms with E-state index in [1.165, 1.54) is 22.0 Å². The van der Waals surface area contributed by atoms with Crippen LogP contribution in [0.25, 0.3) is 10.9 Å². The number of rotatable bonds is 2. The summed E-state index contributed by atoms with van der Waals surface area (Å²) in [6.07, 6.45) is 0. The third-order valence-corrected chi connectivity index (χ3v) is 4.13. The molecule has 0 bridgehead atoms. The molecule has 2 heterocycles. The van der Waals surface area contributed by atoms with Gasteiger partial charge < -0.3 is 10.2 Å². The van der Waals surface area contributed by atoms with Crippen LogP contribution in [-0.4, -0.2) is 31.2 Å². The van der Waals surface area contributed by atoms with E-state index in [9.17, 15) is 0 Å². The van der Waals surface area contributed by atoms with E-state index in [2.05, 4.69) is 55.3 Å². The number of hydrogen-bond acceptors (Lipinski definition) is 3. The van der Waals surface area contributed by atoms with Crippen molar-refractivity contribution >= 4 is 16.7 Å². The minimum Gasteiger partial charge on any atom is -0.354 e. The summed E-state index contributed by atoms with van der Waals surface area (Å²) in [4.78, 5) is 7.37. The average molecular weight is 269 g/mol. The zero-order chi connectivity index (χ0) is 14.1. The SMILES string of the molecule is Cc1cc(N2CCNCC2)nc2c(C(C)C)cccc12. The van der Waals surface area contributed by atoms with E-state index in [0.717, 1.165) is 32.0 Å². The largest absolute Gasteiger partial charge is 0.354 e. The second kappa shape index (κ2) is 5.41. The molecular formula is C17H23N3. The highest BCUT2D eigenvalue weighted by Gasteiger charge is 2.15. The molecule has 0 unspecified atom stereocenters. The van der Waals surface area contributed by atoms with Gasteiger partial charge in [0.05, 0.1) is 5.52 Å². The predicted molar refractivity (Wildman–Crippen MR) is 85.7 cm³/mol. The van der Waals surface area contributed by atoms with Gasteiger partial charge in [0, 0.05) is 31.6 Å². The zero-order valence-electron chi connectivity index (χ0n) is 12.6. The van der Waals surface area contributed by atoms with Crippen LogP contribution in [-0.2, 0) is 0 Å². The lowest BCUT2D eigenvalue weighted by molar-refractivity contribution is 0.585. The number of nitrogens with one attached hydrogen (secondary N) is 1. The molecule has 3 rings (SSSR count). The van der Waals surface area contributed by atoms with Crippen molar-refractivity contribution in [2.24, 2.45) is 0 Å². The number of fused-ring (bicyclic) bond motifs is 1. The molecule has 106 valence electrons. The molecule has 1 aromatic carbocycles. The maximum Gasteiger partial charge on any atom is 0.129 e. The number of aromatic nitrogens is 1. The van der Waals surface area contributed by atoms with E-state index in [1.807, 2.05) is 0 Å². The van der Waals surface area contributed by atoms with Crippen molar-refractivity contribution in [2.45, 2.75) is 26.7 Å². The molecule has 0 atom stereocenters. The Hall–Kier alpha value is -1.61. The van der Waals surface area contributed by atoms with Crippen LogP contribution < -0.4 is 10.2 Å². The summed E-state index contributed by atoms with van der Waals surface area (Å²) in [6, 6.07) is 8.78. The third kappa shape index (κ3) is 2.38. The maximum atomic E-state index is 4.98. The van der Waals surface area contributed by atoms with Gasteiger partial charge in [0.15, 0.2) is 0 Å². The van der Waals surface area contributed by atoms with Gasteiger partial charge in [-0.25, -0.2) is 4.98 Å². The topological polar surface area (TPSA) is 28.2 Å². The Balaban J connectivity index is 2.13. The number of benzene rings is 1. The van der Waals surface area contributed by atoms with Crippen molar-refractivity contribution in [3.63, 3.8) is 0 Å². The fourth-order valence-corrected chi connectivity index (χ4v) is 2.94. The smallest absolute Gasteiger partial charge is 0.129 e. The first-order valence-electron chi connectivity index (χ1n) is 7.53. The van der Waals surface area contributed by atoms with Crippen molar-refractivity contribution in [2.75, 3.05) is 31.1 Å². The normalized spacial score (nSPS) is 16.1. The van der Waals surface area contributed by atoms with Gasteiger partial charge in [-0.1, -0.05) is 32.0 Å². The Morgan fingerprint density at radius 2 is 1.95 bits per heavy atom. The van der Waals surface area contributed by atoms with Crippen molar-refractivity contribution in [3.8, 4) is 0 Å². The van der Waals surface area contributed by atoms with Gasteiger partial charge >= 0.3 is 0 Å². The summed E-state index contributed by atoms with van der Waals surface area (Å²) in [5, 5.41) is 4.68. The molecule has 0 aliphatic carbocycles. The van der Waals surface area contributed by atoms with Crippen LogP contribution in [0, 0.1) is 6.92 Å². The quantitative estimate of drug-likeness (QED) is 0.908. The predicted octanol–water partition coefficient (Wildman–Crippen LogP) is 3.08. The van der Waals surface area contributed by atoms with Crippen LogP contribution in [0.15, 0.2) is 24.3 Å². The number of nitrogens with zero attached hydrogens (tertiary/aromatic N) is 2. The lowest BCUT2D eigenvalue weighted by atomic mass is 9.98. The summed E-state index contributed by atoms with van der Waals surface area (Å²) >= 11 is 0. The average Bonchev–Trinajstić information content (AvgIpc) is 2.47. The summed E-state index contributed by atoms with van der Waals surface area (Å²) < 4.78 is 0. The van der Waals surface area contributed by atoms with Crippen LogP contribution in [0.2, 0.25) is 0 Å². The first-order valence-corrected chi connectivity index (χ1v) is 7.53. The highest BCUT2D eigenvalue weighted by Crippen LogP contribution is 2.28. The van der Waals surface area contributed by atoms with Crippen LogP contribution in [0.1, 0.15) is 30.9 Å². The van der Waals surface area contributed by atoms with Crippen molar-refractivity contribution in [1.29, 1.82) is 0 Å². The number of hydrogen-bond donors (Lipinski definition) is 1. The van der Waals surface area contributed by atoms with Crippen LogP contribution >= 0.6 is 0 Å². The minimum absolute atomic E-state index is 0.504. The zero-order valence-corrected chi connectivity index (χ0v) is 12.6.